The molecule has 5 nitrogen and oxygen atoms in total. The van der Waals surface area contributed by atoms with E-state index in [4.69, 9.17) is 11.6 Å². The molecule has 0 saturated carbocycles. The third kappa shape index (κ3) is 3.86. The number of carbonyl (C=O) groups excluding carboxylic acids is 1. The molecular formula is C19H21ClN4OS. The summed E-state index contributed by atoms with van der Waals surface area (Å²) in [5.74, 6) is 1.13. The first-order chi connectivity index (χ1) is 12.7. The maximum Gasteiger partial charge on any atom is 0.223 e. The number of amides is 1. The maximum absolute atomic E-state index is 12.4. The smallest absolute Gasteiger partial charge is 0.223 e. The van der Waals surface area contributed by atoms with Gasteiger partial charge in [0.15, 0.2) is 0 Å². The molecule has 0 atom stereocenters. The number of nitrogens with zero attached hydrogens (tertiary/aromatic N) is 2. The van der Waals surface area contributed by atoms with Gasteiger partial charge in [-0.2, -0.15) is 0 Å². The quantitative estimate of drug-likeness (QED) is 0.697. The summed E-state index contributed by atoms with van der Waals surface area (Å²) >= 11 is 7.77. The zero-order valence-corrected chi connectivity index (χ0v) is 15.9. The van der Waals surface area contributed by atoms with Crippen molar-refractivity contribution in [1.29, 1.82) is 0 Å². The van der Waals surface area contributed by atoms with Crippen LogP contribution in [0.1, 0.15) is 17.7 Å². The van der Waals surface area contributed by atoms with Crippen LogP contribution in [0.5, 0.6) is 0 Å². The van der Waals surface area contributed by atoms with Crippen LogP contribution in [0.25, 0.3) is 11.0 Å². The summed E-state index contributed by atoms with van der Waals surface area (Å²) in [6.07, 6.45) is 2.61. The lowest BCUT2D eigenvalue weighted by atomic mass is 9.96. The van der Waals surface area contributed by atoms with Crippen molar-refractivity contribution in [1.82, 2.24) is 15.3 Å². The molecule has 1 aliphatic heterocycles. The number of fused-ring (bicyclic) bond motifs is 1. The Labute approximate surface area is 161 Å². The van der Waals surface area contributed by atoms with Crippen molar-refractivity contribution in [2.24, 2.45) is 5.92 Å². The fraction of sp³-hybridized carbons (Fsp3) is 0.368. The number of carbonyl (C=O) groups is 1. The lowest BCUT2D eigenvalue weighted by Gasteiger charge is -2.31. The SMILES string of the molecule is O=C(NCCc1cccs1)C1CCN(c2nc3ccc(Cl)cc3[nH]2)CC1. The Morgan fingerprint density at radius 1 is 1.35 bits per heavy atom. The van der Waals surface area contributed by atoms with E-state index in [0.717, 1.165) is 49.3 Å². The molecule has 0 bridgehead atoms. The molecule has 3 heterocycles. The highest BCUT2D eigenvalue weighted by Crippen LogP contribution is 2.25. The van der Waals surface area contributed by atoms with Crippen molar-refractivity contribution in [3.05, 3.63) is 45.6 Å². The topological polar surface area (TPSA) is 61.0 Å². The number of imidazole rings is 1. The highest BCUT2D eigenvalue weighted by Gasteiger charge is 2.26. The van der Waals surface area contributed by atoms with E-state index in [9.17, 15) is 4.79 Å². The predicted molar refractivity (Wildman–Crippen MR) is 107 cm³/mol. The minimum Gasteiger partial charge on any atom is -0.355 e. The number of aromatic nitrogens is 2. The number of thiophene rings is 1. The Bertz CT molecular complexity index is 884. The van der Waals surface area contributed by atoms with E-state index >= 15 is 0 Å². The van der Waals surface area contributed by atoms with Crippen LogP contribution < -0.4 is 10.2 Å². The zero-order valence-electron chi connectivity index (χ0n) is 14.4. The summed E-state index contributed by atoms with van der Waals surface area (Å²) in [5.41, 5.74) is 1.86. The van der Waals surface area contributed by atoms with Crippen molar-refractivity contribution in [3.63, 3.8) is 0 Å². The first kappa shape index (κ1) is 17.4. The lowest BCUT2D eigenvalue weighted by Crippen LogP contribution is -2.41. The first-order valence-electron chi connectivity index (χ1n) is 8.89. The third-order valence-corrected chi connectivity index (χ3v) is 6.02. The molecule has 136 valence electrons. The Balaban J connectivity index is 1.29. The molecule has 26 heavy (non-hydrogen) atoms. The van der Waals surface area contributed by atoms with Gasteiger partial charge in [0.2, 0.25) is 11.9 Å². The van der Waals surface area contributed by atoms with Gasteiger partial charge in [-0.1, -0.05) is 17.7 Å². The van der Waals surface area contributed by atoms with Gasteiger partial charge in [0.05, 0.1) is 11.0 Å². The summed E-state index contributed by atoms with van der Waals surface area (Å²) in [4.78, 5) is 23.9. The molecule has 2 aromatic heterocycles. The van der Waals surface area contributed by atoms with Gasteiger partial charge in [0.25, 0.3) is 0 Å². The minimum atomic E-state index is 0.0911. The molecule has 0 unspecified atom stereocenters. The zero-order chi connectivity index (χ0) is 17.9. The molecule has 1 saturated heterocycles. The molecule has 4 rings (SSSR count). The van der Waals surface area contributed by atoms with Crippen molar-refractivity contribution in [2.75, 3.05) is 24.5 Å². The van der Waals surface area contributed by atoms with E-state index in [1.54, 1.807) is 11.3 Å². The number of hydrogen-bond acceptors (Lipinski definition) is 4. The fourth-order valence-corrected chi connectivity index (χ4v) is 4.26. The van der Waals surface area contributed by atoms with Gasteiger partial charge in [0, 0.05) is 35.5 Å². The van der Waals surface area contributed by atoms with Crippen LogP contribution in [0, 0.1) is 5.92 Å². The lowest BCUT2D eigenvalue weighted by molar-refractivity contribution is -0.125. The number of hydrogen-bond donors (Lipinski definition) is 2. The number of piperidine rings is 1. The molecule has 0 spiro atoms. The highest BCUT2D eigenvalue weighted by atomic mass is 35.5. The van der Waals surface area contributed by atoms with Crippen LogP contribution in [0.2, 0.25) is 5.02 Å². The van der Waals surface area contributed by atoms with E-state index in [2.05, 4.69) is 31.6 Å². The number of H-pyrrole nitrogens is 1. The molecule has 2 N–H and O–H groups in total. The van der Waals surface area contributed by atoms with Crippen molar-refractivity contribution < 1.29 is 4.79 Å². The molecular weight excluding hydrogens is 368 g/mol. The molecule has 1 amide bonds. The largest absolute Gasteiger partial charge is 0.355 e. The number of nitrogens with one attached hydrogen (secondary N) is 2. The highest BCUT2D eigenvalue weighted by molar-refractivity contribution is 7.09. The van der Waals surface area contributed by atoms with E-state index in [1.165, 1.54) is 4.88 Å². The van der Waals surface area contributed by atoms with Crippen LogP contribution in [-0.4, -0.2) is 35.5 Å². The average molecular weight is 389 g/mol. The standard InChI is InChI=1S/C19H21ClN4OS/c20-14-3-4-16-17(12-14)23-19(22-16)24-9-6-13(7-10-24)18(25)21-8-5-15-2-1-11-26-15/h1-4,11-13H,5-10H2,(H,21,25)(H,22,23). The Hall–Kier alpha value is -2.05. The molecule has 1 aliphatic rings. The summed E-state index contributed by atoms with van der Waals surface area (Å²) in [6, 6.07) is 9.81. The molecule has 7 heteroatoms. The van der Waals surface area contributed by atoms with E-state index in [1.807, 2.05) is 24.3 Å². The minimum absolute atomic E-state index is 0.0911. The third-order valence-electron chi connectivity index (χ3n) is 4.85. The summed E-state index contributed by atoms with van der Waals surface area (Å²) in [6.45, 7) is 2.37. The van der Waals surface area contributed by atoms with Gasteiger partial charge in [-0.05, 0) is 48.9 Å². The number of aromatic amines is 1. The van der Waals surface area contributed by atoms with Gasteiger partial charge in [0.1, 0.15) is 0 Å². The molecule has 1 fully saturated rings. The molecule has 0 radical (unpaired) electrons. The Morgan fingerprint density at radius 3 is 2.96 bits per heavy atom. The van der Waals surface area contributed by atoms with Gasteiger partial charge in [-0.15, -0.1) is 11.3 Å². The van der Waals surface area contributed by atoms with Crippen LogP contribution in [0.3, 0.4) is 0 Å². The van der Waals surface area contributed by atoms with Crippen molar-refractivity contribution in [3.8, 4) is 0 Å². The van der Waals surface area contributed by atoms with E-state index < -0.39 is 0 Å². The van der Waals surface area contributed by atoms with Gasteiger partial charge >= 0.3 is 0 Å². The van der Waals surface area contributed by atoms with E-state index in [0.29, 0.717) is 11.6 Å². The Morgan fingerprint density at radius 2 is 2.19 bits per heavy atom. The predicted octanol–water partition coefficient (Wildman–Crippen LogP) is 3.85. The van der Waals surface area contributed by atoms with Gasteiger partial charge < -0.3 is 15.2 Å². The number of rotatable bonds is 5. The van der Waals surface area contributed by atoms with Gasteiger partial charge in [-0.3, -0.25) is 4.79 Å². The monoisotopic (exact) mass is 388 g/mol. The van der Waals surface area contributed by atoms with Crippen molar-refractivity contribution >= 4 is 45.8 Å². The van der Waals surface area contributed by atoms with Crippen LogP contribution in [0.15, 0.2) is 35.7 Å². The molecule has 1 aromatic carbocycles. The van der Waals surface area contributed by atoms with Crippen LogP contribution in [-0.2, 0) is 11.2 Å². The normalized spacial score (nSPS) is 15.5. The fourth-order valence-electron chi connectivity index (χ4n) is 3.38. The maximum atomic E-state index is 12.4. The van der Waals surface area contributed by atoms with E-state index in [-0.39, 0.29) is 11.8 Å². The average Bonchev–Trinajstić information content (AvgIpc) is 3.31. The van der Waals surface area contributed by atoms with Gasteiger partial charge in [-0.25, -0.2) is 4.98 Å². The van der Waals surface area contributed by atoms with Crippen LogP contribution in [0.4, 0.5) is 5.95 Å². The first-order valence-corrected chi connectivity index (χ1v) is 10.1. The molecule has 3 aromatic rings. The summed E-state index contributed by atoms with van der Waals surface area (Å²) in [7, 11) is 0. The Kier molecular flexibility index (Phi) is 5.13. The second kappa shape index (κ2) is 7.68. The number of halogens is 1. The second-order valence-corrected chi connectivity index (χ2v) is 8.07. The second-order valence-electron chi connectivity index (χ2n) is 6.60. The summed E-state index contributed by atoms with van der Waals surface area (Å²) < 4.78 is 0. The van der Waals surface area contributed by atoms with Crippen molar-refractivity contribution in [2.45, 2.75) is 19.3 Å². The molecule has 0 aliphatic carbocycles. The number of anilines is 1. The number of benzene rings is 1. The van der Waals surface area contributed by atoms with Crippen LogP contribution >= 0.6 is 22.9 Å². The summed E-state index contributed by atoms with van der Waals surface area (Å²) in [5, 5.41) is 5.85.